The number of anilines is 2. The molecule has 2 saturated heterocycles. The summed E-state index contributed by atoms with van der Waals surface area (Å²) in [4.78, 5) is 15.7. The number of nitrogens with one attached hydrogen (secondary N) is 1. The molecule has 9 heteroatoms. The Hall–Kier alpha value is -1.94. The van der Waals surface area contributed by atoms with Crippen molar-refractivity contribution >= 4 is 38.6 Å². The van der Waals surface area contributed by atoms with E-state index < -0.39 is 10.0 Å². The summed E-state index contributed by atoms with van der Waals surface area (Å²) in [6.45, 7) is 3.27. The molecule has 0 spiro atoms. The Morgan fingerprint density at radius 1 is 1.03 bits per heavy atom. The Morgan fingerprint density at radius 2 is 1.79 bits per heavy atom. The van der Waals surface area contributed by atoms with E-state index in [1.807, 2.05) is 17.5 Å². The van der Waals surface area contributed by atoms with Crippen LogP contribution in [0.5, 0.6) is 0 Å². The number of nitrogens with zero attached hydrogens (tertiary/aromatic N) is 2. The third kappa shape index (κ3) is 4.48. The highest BCUT2D eigenvalue weighted by atomic mass is 32.2. The Bertz CT molecular complexity index is 948. The van der Waals surface area contributed by atoms with Crippen molar-refractivity contribution in [2.24, 2.45) is 0 Å². The molecule has 3 heterocycles. The highest BCUT2D eigenvalue weighted by Crippen LogP contribution is 2.32. The topological polar surface area (TPSA) is 79.0 Å². The number of sulfonamides is 1. The zero-order chi connectivity index (χ0) is 20.3. The lowest BCUT2D eigenvalue weighted by molar-refractivity contribution is 0.0730. The Labute approximate surface area is 175 Å². The van der Waals surface area contributed by atoms with E-state index >= 15 is 0 Å². The van der Waals surface area contributed by atoms with Crippen LogP contribution in [0, 0.1) is 0 Å². The van der Waals surface area contributed by atoms with Crippen molar-refractivity contribution in [1.82, 2.24) is 4.31 Å². The predicted molar refractivity (Wildman–Crippen MR) is 114 cm³/mol. The minimum atomic E-state index is -3.64. The molecule has 4 rings (SSSR count). The lowest BCUT2D eigenvalue weighted by Crippen LogP contribution is -2.40. The van der Waals surface area contributed by atoms with E-state index in [0.717, 1.165) is 31.6 Å². The van der Waals surface area contributed by atoms with Crippen molar-refractivity contribution in [2.75, 3.05) is 49.6 Å². The number of benzene rings is 1. The third-order valence-corrected chi connectivity index (χ3v) is 8.03. The fraction of sp³-hybridized carbons (Fsp3) is 0.450. The Balaban J connectivity index is 1.68. The molecule has 1 aromatic heterocycles. The average molecular weight is 436 g/mol. The van der Waals surface area contributed by atoms with Crippen LogP contribution in [0.25, 0.3) is 0 Å². The van der Waals surface area contributed by atoms with Crippen LogP contribution >= 0.6 is 11.3 Å². The second-order valence-electron chi connectivity index (χ2n) is 7.17. The Kier molecular flexibility index (Phi) is 6.19. The summed E-state index contributed by atoms with van der Waals surface area (Å²) in [5, 5.41) is 4.79. The summed E-state index contributed by atoms with van der Waals surface area (Å²) in [6.07, 6.45) is 3.37. The van der Waals surface area contributed by atoms with Gasteiger partial charge in [-0.2, -0.15) is 4.31 Å². The van der Waals surface area contributed by atoms with E-state index in [2.05, 4.69) is 10.2 Å². The van der Waals surface area contributed by atoms with Gasteiger partial charge in [0.1, 0.15) is 0 Å². The maximum absolute atomic E-state index is 13.1. The van der Waals surface area contributed by atoms with Crippen molar-refractivity contribution in [3.63, 3.8) is 0 Å². The zero-order valence-corrected chi connectivity index (χ0v) is 17.8. The van der Waals surface area contributed by atoms with Gasteiger partial charge in [0.25, 0.3) is 5.91 Å². The summed E-state index contributed by atoms with van der Waals surface area (Å²) in [5.74, 6) is -0.223. The molecule has 7 nitrogen and oxygen atoms in total. The van der Waals surface area contributed by atoms with Gasteiger partial charge < -0.3 is 15.0 Å². The van der Waals surface area contributed by atoms with Gasteiger partial charge in [-0.1, -0.05) is 6.07 Å². The molecule has 29 heavy (non-hydrogen) atoms. The summed E-state index contributed by atoms with van der Waals surface area (Å²) in [5.41, 5.74) is 1.41. The van der Waals surface area contributed by atoms with Gasteiger partial charge in [-0.15, -0.1) is 11.3 Å². The number of ether oxygens (including phenoxy) is 1. The normalized spacial score (nSPS) is 18.6. The van der Waals surface area contributed by atoms with Crippen LogP contribution < -0.4 is 10.2 Å². The average Bonchev–Trinajstić information content (AvgIpc) is 3.30. The second kappa shape index (κ2) is 8.83. The number of carbonyl (C=O) groups is 1. The molecule has 156 valence electrons. The molecule has 0 atom stereocenters. The second-order valence-corrected chi connectivity index (χ2v) is 10.1. The van der Waals surface area contributed by atoms with Gasteiger partial charge in [-0.25, -0.2) is 8.42 Å². The van der Waals surface area contributed by atoms with E-state index in [1.54, 1.807) is 18.2 Å². The van der Waals surface area contributed by atoms with Gasteiger partial charge in [0.2, 0.25) is 10.0 Å². The monoisotopic (exact) mass is 435 g/mol. The minimum Gasteiger partial charge on any atom is -0.379 e. The molecule has 0 bridgehead atoms. The summed E-state index contributed by atoms with van der Waals surface area (Å²) < 4.78 is 32.9. The van der Waals surface area contributed by atoms with E-state index in [9.17, 15) is 13.2 Å². The molecule has 1 amide bonds. The quantitative estimate of drug-likeness (QED) is 0.781. The number of rotatable bonds is 5. The predicted octanol–water partition coefficient (Wildman–Crippen LogP) is 3.01. The smallest absolute Gasteiger partial charge is 0.265 e. The first kappa shape index (κ1) is 20.3. The fourth-order valence-electron chi connectivity index (χ4n) is 3.71. The van der Waals surface area contributed by atoms with E-state index in [0.29, 0.717) is 36.9 Å². The third-order valence-electron chi connectivity index (χ3n) is 5.27. The molecule has 2 aromatic rings. The molecular weight excluding hydrogens is 410 g/mol. The van der Waals surface area contributed by atoms with E-state index in [1.165, 1.54) is 22.1 Å². The number of hydrogen-bond acceptors (Lipinski definition) is 6. The largest absolute Gasteiger partial charge is 0.379 e. The summed E-state index contributed by atoms with van der Waals surface area (Å²) >= 11 is 1.36. The molecule has 1 N–H and O–H groups in total. The molecule has 2 aliphatic heterocycles. The van der Waals surface area contributed by atoms with Crippen LogP contribution in [-0.2, 0) is 14.8 Å². The first-order valence-corrected chi connectivity index (χ1v) is 12.2. The molecule has 0 radical (unpaired) electrons. The molecule has 2 fully saturated rings. The lowest BCUT2D eigenvalue weighted by Gasteiger charge is -2.31. The van der Waals surface area contributed by atoms with Gasteiger partial charge in [0, 0.05) is 26.2 Å². The standard InChI is InChI=1S/C20H25N3O4S2/c24-20(19-5-4-14-28-19)21-17-15-16(29(25,26)23-10-12-27-13-11-23)6-7-18(17)22-8-2-1-3-9-22/h4-7,14-15H,1-3,8-13H2,(H,21,24). The molecule has 0 aliphatic carbocycles. The number of thiophene rings is 1. The highest BCUT2D eigenvalue weighted by Gasteiger charge is 2.28. The first-order chi connectivity index (χ1) is 14.1. The number of carbonyl (C=O) groups excluding carboxylic acids is 1. The van der Waals surface area contributed by atoms with Crippen LogP contribution in [0.15, 0.2) is 40.6 Å². The van der Waals surface area contributed by atoms with Gasteiger partial charge >= 0.3 is 0 Å². The number of piperidine rings is 1. The van der Waals surface area contributed by atoms with Gasteiger partial charge in [0.15, 0.2) is 0 Å². The lowest BCUT2D eigenvalue weighted by atomic mass is 10.1. The highest BCUT2D eigenvalue weighted by molar-refractivity contribution is 7.89. The molecular formula is C20H25N3O4S2. The first-order valence-electron chi connectivity index (χ1n) is 9.87. The van der Waals surface area contributed by atoms with Gasteiger partial charge in [-0.05, 0) is 48.9 Å². The zero-order valence-electron chi connectivity index (χ0n) is 16.2. The van der Waals surface area contributed by atoms with Crippen LogP contribution in [0.4, 0.5) is 11.4 Å². The van der Waals surface area contributed by atoms with Crippen LogP contribution in [-0.4, -0.2) is 58.0 Å². The number of morpholine rings is 1. The summed E-state index contributed by atoms with van der Waals surface area (Å²) in [6, 6.07) is 8.65. The number of amides is 1. The molecule has 0 unspecified atom stereocenters. The van der Waals surface area contributed by atoms with Gasteiger partial charge in [0.05, 0.1) is 34.4 Å². The maximum atomic E-state index is 13.1. The molecule has 2 aliphatic rings. The fourth-order valence-corrected chi connectivity index (χ4v) is 5.77. The van der Waals surface area contributed by atoms with Crippen molar-refractivity contribution in [3.05, 3.63) is 40.6 Å². The molecule has 1 aromatic carbocycles. The Morgan fingerprint density at radius 3 is 2.48 bits per heavy atom. The van der Waals surface area contributed by atoms with Crippen LogP contribution in [0.2, 0.25) is 0 Å². The van der Waals surface area contributed by atoms with Crippen molar-refractivity contribution in [3.8, 4) is 0 Å². The van der Waals surface area contributed by atoms with Crippen molar-refractivity contribution in [1.29, 1.82) is 0 Å². The maximum Gasteiger partial charge on any atom is 0.265 e. The SMILES string of the molecule is O=C(Nc1cc(S(=O)(=O)N2CCOCC2)ccc1N1CCCCC1)c1cccs1. The van der Waals surface area contributed by atoms with Crippen molar-refractivity contribution < 1.29 is 17.9 Å². The van der Waals surface area contributed by atoms with Crippen LogP contribution in [0.1, 0.15) is 28.9 Å². The van der Waals surface area contributed by atoms with E-state index in [-0.39, 0.29) is 10.8 Å². The molecule has 0 saturated carbocycles. The van der Waals surface area contributed by atoms with E-state index in [4.69, 9.17) is 4.74 Å². The number of hydrogen-bond donors (Lipinski definition) is 1. The van der Waals surface area contributed by atoms with Crippen LogP contribution in [0.3, 0.4) is 0 Å². The minimum absolute atomic E-state index is 0.196. The summed E-state index contributed by atoms with van der Waals surface area (Å²) in [7, 11) is -3.64. The van der Waals surface area contributed by atoms with Crippen molar-refractivity contribution in [2.45, 2.75) is 24.2 Å². The van der Waals surface area contributed by atoms with Gasteiger partial charge in [-0.3, -0.25) is 4.79 Å².